The number of nitrogens with zero attached hydrogens (tertiary/aromatic N) is 4. The molecule has 8 heteroatoms. The first kappa shape index (κ1) is 35.1. The zero-order valence-corrected chi connectivity index (χ0v) is 29.9. The molecular formula is C46H42N4O4. The van der Waals surface area contributed by atoms with Crippen molar-refractivity contribution in [1.29, 1.82) is 0 Å². The summed E-state index contributed by atoms with van der Waals surface area (Å²) in [6.07, 6.45) is 5.97. The molecule has 2 aliphatic rings. The molecule has 2 fully saturated rings. The summed E-state index contributed by atoms with van der Waals surface area (Å²) in [4.78, 5) is 40.8. The minimum atomic E-state index is -1.39. The summed E-state index contributed by atoms with van der Waals surface area (Å²) in [5.74, 6) is -0.385. The first-order chi connectivity index (χ1) is 26.4. The van der Waals surface area contributed by atoms with E-state index >= 15 is 0 Å². The Kier molecular flexibility index (Phi) is 9.63. The lowest BCUT2D eigenvalue weighted by Crippen LogP contribution is -2.50. The number of likely N-dealkylation sites (tertiary alicyclic amines) is 2. The maximum Gasteiger partial charge on any atom is 0.255 e. The van der Waals surface area contributed by atoms with Gasteiger partial charge in [0.05, 0.1) is 34.6 Å². The van der Waals surface area contributed by atoms with Gasteiger partial charge in [-0.1, -0.05) is 121 Å². The molecule has 270 valence electrons. The summed E-state index contributed by atoms with van der Waals surface area (Å²) < 4.78 is 0. The number of carbonyl (C=O) groups is 2. The van der Waals surface area contributed by atoms with Crippen LogP contribution in [0.2, 0.25) is 0 Å². The first-order valence-electron chi connectivity index (χ1n) is 18.6. The van der Waals surface area contributed by atoms with Crippen molar-refractivity contribution in [2.45, 2.75) is 49.0 Å². The van der Waals surface area contributed by atoms with Crippen molar-refractivity contribution in [2.75, 3.05) is 13.1 Å². The molecule has 4 aromatic carbocycles. The summed E-state index contributed by atoms with van der Waals surface area (Å²) in [5.41, 5.74) is 2.16. The van der Waals surface area contributed by atoms with Crippen LogP contribution < -0.4 is 0 Å². The Morgan fingerprint density at radius 3 is 1.07 bits per heavy atom. The van der Waals surface area contributed by atoms with Crippen LogP contribution in [0.5, 0.6) is 0 Å². The molecule has 2 aromatic heterocycles. The second-order valence-corrected chi connectivity index (χ2v) is 14.2. The topological polar surface area (TPSA) is 107 Å². The van der Waals surface area contributed by atoms with Crippen molar-refractivity contribution in [3.63, 3.8) is 0 Å². The van der Waals surface area contributed by atoms with Crippen molar-refractivity contribution in [3.05, 3.63) is 191 Å². The lowest BCUT2D eigenvalue weighted by molar-refractivity contribution is -0.000738. The molecule has 4 heterocycles. The van der Waals surface area contributed by atoms with E-state index in [0.717, 1.165) is 35.1 Å². The molecule has 0 radical (unpaired) electrons. The van der Waals surface area contributed by atoms with E-state index in [1.807, 2.05) is 121 Å². The largest absolute Gasteiger partial charge is 0.378 e. The molecule has 2 saturated heterocycles. The molecule has 2 N–H and O–H groups in total. The van der Waals surface area contributed by atoms with Crippen LogP contribution in [0.1, 0.15) is 68.7 Å². The Morgan fingerprint density at radius 2 is 0.796 bits per heavy atom. The van der Waals surface area contributed by atoms with Crippen molar-refractivity contribution in [3.8, 4) is 11.4 Å². The van der Waals surface area contributed by atoms with E-state index < -0.39 is 23.3 Å². The fourth-order valence-corrected chi connectivity index (χ4v) is 8.44. The highest BCUT2D eigenvalue weighted by Crippen LogP contribution is 2.42. The number of amides is 2. The SMILES string of the molecule is O=C(c1ccc(-c2ccc(C(=O)N3CCC[C@H]3C(O)(c3ccccc3)c3ccccc3)cn2)nc1)N1CCC[C@H]1C(O)(c1ccccc1)c1ccccc1. The number of aliphatic hydroxyl groups is 2. The molecular weight excluding hydrogens is 673 g/mol. The van der Waals surface area contributed by atoms with Crippen molar-refractivity contribution in [1.82, 2.24) is 19.8 Å². The van der Waals surface area contributed by atoms with E-state index in [9.17, 15) is 19.8 Å². The number of hydrogen-bond acceptors (Lipinski definition) is 6. The lowest BCUT2D eigenvalue weighted by Gasteiger charge is -2.40. The van der Waals surface area contributed by atoms with Crippen LogP contribution in [0.3, 0.4) is 0 Å². The van der Waals surface area contributed by atoms with Gasteiger partial charge in [-0.15, -0.1) is 0 Å². The van der Waals surface area contributed by atoms with E-state index in [-0.39, 0.29) is 11.8 Å². The summed E-state index contributed by atoms with van der Waals surface area (Å²) in [7, 11) is 0. The normalized spacial score (nSPS) is 17.4. The maximum absolute atomic E-state index is 14.0. The molecule has 0 aliphatic carbocycles. The molecule has 0 unspecified atom stereocenters. The summed E-state index contributed by atoms with van der Waals surface area (Å²) in [5, 5.41) is 24.9. The van der Waals surface area contributed by atoms with Crippen LogP contribution in [-0.4, -0.2) is 67.0 Å². The van der Waals surface area contributed by atoms with Gasteiger partial charge in [0.15, 0.2) is 0 Å². The third kappa shape index (κ3) is 6.27. The highest BCUT2D eigenvalue weighted by molar-refractivity contribution is 5.95. The highest BCUT2D eigenvalue weighted by atomic mass is 16.3. The molecule has 6 aromatic rings. The van der Waals surface area contributed by atoms with E-state index in [1.165, 1.54) is 0 Å². The summed E-state index contributed by atoms with van der Waals surface area (Å²) >= 11 is 0. The van der Waals surface area contributed by atoms with E-state index in [1.54, 1.807) is 46.5 Å². The second-order valence-electron chi connectivity index (χ2n) is 14.2. The molecule has 8 rings (SSSR count). The predicted octanol–water partition coefficient (Wildman–Crippen LogP) is 7.23. The van der Waals surface area contributed by atoms with Crippen molar-refractivity contribution in [2.24, 2.45) is 0 Å². The Balaban J connectivity index is 1.01. The average Bonchev–Trinajstić information content (AvgIpc) is 3.96. The van der Waals surface area contributed by atoms with E-state index in [0.29, 0.717) is 48.4 Å². The number of rotatable bonds is 9. The van der Waals surface area contributed by atoms with Gasteiger partial charge in [0.2, 0.25) is 0 Å². The van der Waals surface area contributed by atoms with Crippen LogP contribution in [0.25, 0.3) is 11.4 Å². The third-order valence-electron chi connectivity index (χ3n) is 11.1. The van der Waals surface area contributed by atoms with Crippen molar-refractivity contribution < 1.29 is 19.8 Å². The third-order valence-corrected chi connectivity index (χ3v) is 11.1. The molecule has 54 heavy (non-hydrogen) atoms. The molecule has 0 bridgehead atoms. The quantitative estimate of drug-likeness (QED) is 0.164. The zero-order chi connectivity index (χ0) is 37.1. The van der Waals surface area contributed by atoms with Crippen LogP contribution >= 0.6 is 0 Å². The van der Waals surface area contributed by atoms with Crippen LogP contribution in [-0.2, 0) is 11.2 Å². The molecule has 0 saturated carbocycles. The number of carbonyl (C=O) groups excluding carboxylic acids is 2. The van der Waals surface area contributed by atoms with Gasteiger partial charge in [0, 0.05) is 25.5 Å². The Labute approximate surface area is 315 Å². The number of hydrogen-bond donors (Lipinski definition) is 2. The van der Waals surface area contributed by atoms with E-state index in [2.05, 4.69) is 9.97 Å². The van der Waals surface area contributed by atoms with Gasteiger partial charge in [-0.25, -0.2) is 0 Å². The number of aromatic nitrogens is 2. The molecule has 0 spiro atoms. The monoisotopic (exact) mass is 714 g/mol. The summed E-state index contributed by atoms with van der Waals surface area (Å²) in [6.45, 7) is 1.05. The molecule has 2 amide bonds. The second kappa shape index (κ2) is 14.8. The standard InChI is InChI=1S/C46H42N4O4/c51-43(49-29-13-23-41(49)45(53,35-15-5-1-6-16-35)36-17-7-2-8-18-36)33-25-27-39(47-31-33)40-28-26-34(32-48-40)44(52)50-30-14-24-42(50)46(54,37-19-9-3-10-20-37)38-21-11-4-12-22-38/h1-12,15-22,25-28,31-32,41-42,53-54H,13-14,23-24,29-30H2/t41-,42-/m0/s1. The number of benzene rings is 4. The number of pyridine rings is 2. The minimum absolute atomic E-state index is 0.193. The van der Waals surface area contributed by atoms with Crippen molar-refractivity contribution >= 4 is 11.8 Å². The fourth-order valence-electron chi connectivity index (χ4n) is 8.44. The minimum Gasteiger partial charge on any atom is -0.378 e. The van der Waals surface area contributed by atoms with Gasteiger partial charge in [-0.2, -0.15) is 0 Å². The van der Waals surface area contributed by atoms with Crippen LogP contribution in [0.15, 0.2) is 158 Å². The molecule has 2 aliphatic heterocycles. The van der Waals surface area contributed by atoms with Crippen LogP contribution in [0.4, 0.5) is 0 Å². The van der Waals surface area contributed by atoms with Gasteiger partial charge in [-0.3, -0.25) is 19.6 Å². The zero-order valence-electron chi connectivity index (χ0n) is 29.9. The van der Waals surface area contributed by atoms with Crippen LogP contribution in [0, 0.1) is 0 Å². The van der Waals surface area contributed by atoms with E-state index in [4.69, 9.17) is 0 Å². The molecule has 8 nitrogen and oxygen atoms in total. The van der Waals surface area contributed by atoms with Gasteiger partial charge in [-0.05, 0) is 72.2 Å². The fraction of sp³-hybridized carbons (Fsp3) is 0.217. The predicted molar refractivity (Wildman–Crippen MR) is 207 cm³/mol. The Hall–Kier alpha value is -5.96. The highest BCUT2D eigenvalue weighted by Gasteiger charge is 2.48. The molecule has 2 atom stereocenters. The maximum atomic E-state index is 14.0. The smallest absolute Gasteiger partial charge is 0.255 e. The lowest BCUT2D eigenvalue weighted by atomic mass is 9.79. The first-order valence-corrected chi connectivity index (χ1v) is 18.6. The average molecular weight is 715 g/mol. The van der Waals surface area contributed by atoms with Gasteiger partial charge in [0.1, 0.15) is 11.2 Å². The van der Waals surface area contributed by atoms with Gasteiger partial charge in [0.25, 0.3) is 11.8 Å². The van der Waals surface area contributed by atoms with Gasteiger partial charge >= 0.3 is 0 Å². The Bertz CT molecular complexity index is 1960. The van der Waals surface area contributed by atoms with Gasteiger partial charge < -0.3 is 20.0 Å². The Morgan fingerprint density at radius 1 is 0.481 bits per heavy atom. The summed E-state index contributed by atoms with van der Waals surface area (Å²) in [6, 6.07) is 44.3.